The topological polar surface area (TPSA) is 52.2 Å². The zero-order valence-corrected chi connectivity index (χ0v) is 11.8. The lowest BCUT2D eigenvalue weighted by molar-refractivity contribution is 0.736. The molecule has 0 radical (unpaired) electrons. The summed E-state index contributed by atoms with van der Waals surface area (Å²) in [7, 11) is 0. The Balaban J connectivity index is 2.00. The molecule has 0 fully saturated rings. The van der Waals surface area contributed by atoms with Crippen LogP contribution in [0.5, 0.6) is 0 Å². The van der Waals surface area contributed by atoms with E-state index in [4.69, 9.17) is 11.6 Å². The molecule has 0 aliphatic carbocycles. The minimum absolute atomic E-state index is 0.0641. The van der Waals surface area contributed by atoms with Crippen LogP contribution in [0.25, 0.3) is 5.52 Å². The first-order chi connectivity index (χ1) is 9.17. The molecule has 0 amide bonds. The van der Waals surface area contributed by atoms with E-state index in [1.54, 1.807) is 27.5 Å². The first-order valence-corrected chi connectivity index (χ1v) is 7.13. The average Bonchev–Trinajstić information content (AvgIpc) is 2.99. The second kappa shape index (κ2) is 4.79. The SMILES string of the molecule is Cc1cc2c(=O)n(Cc3nc(CCl)cs3)ccn2n1. The minimum atomic E-state index is -0.0641. The summed E-state index contributed by atoms with van der Waals surface area (Å²) in [6, 6.07) is 1.78. The molecule has 0 spiro atoms. The lowest BCUT2D eigenvalue weighted by Crippen LogP contribution is -2.21. The second-order valence-corrected chi connectivity index (χ2v) is 5.42. The molecule has 3 heterocycles. The van der Waals surface area contributed by atoms with Crippen LogP contribution in [0.4, 0.5) is 0 Å². The highest BCUT2D eigenvalue weighted by molar-refractivity contribution is 7.09. The first kappa shape index (κ1) is 12.4. The molecule has 0 N–H and O–H groups in total. The predicted molar refractivity (Wildman–Crippen MR) is 75.0 cm³/mol. The van der Waals surface area contributed by atoms with Crippen molar-refractivity contribution in [1.82, 2.24) is 19.2 Å². The van der Waals surface area contributed by atoms with Crippen molar-refractivity contribution in [3.63, 3.8) is 0 Å². The van der Waals surface area contributed by atoms with Crippen molar-refractivity contribution in [2.75, 3.05) is 0 Å². The van der Waals surface area contributed by atoms with Gasteiger partial charge < -0.3 is 4.57 Å². The first-order valence-electron chi connectivity index (χ1n) is 5.72. The van der Waals surface area contributed by atoms with Gasteiger partial charge in [-0.2, -0.15) is 5.10 Å². The van der Waals surface area contributed by atoms with Gasteiger partial charge in [-0.15, -0.1) is 22.9 Å². The molecule has 0 saturated heterocycles. The Bertz CT molecular complexity index is 788. The molecule has 19 heavy (non-hydrogen) atoms. The van der Waals surface area contributed by atoms with Crippen LogP contribution in [-0.4, -0.2) is 19.2 Å². The Kier molecular flexibility index (Phi) is 3.12. The molecule has 0 saturated carbocycles. The largest absolute Gasteiger partial charge is 0.305 e. The van der Waals surface area contributed by atoms with Gasteiger partial charge in [0.25, 0.3) is 5.56 Å². The van der Waals surface area contributed by atoms with Gasteiger partial charge in [-0.05, 0) is 13.0 Å². The van der Waals surface area contributed by atoms with Crippen LogP contribution in [0, 0.1) is 6.92 Å². The van der Waals surface area contributed by atoms with Crippen LogP contribution < -0.4 is 5.56 Å². The van der Waals surface area contributed by atoms with Gasteiger partial charge in [-0.1, -0.05) is 0 Å². The maximum Gasteiger partial charge on any atom is 0.276 e. The number of hydrogen-bond acceptors (Lipinski definition) is 4. The fraction of sp³-hybridized carbons (Fsp3) is 0.250. The van der Waals surface area contributed by atoms with Crippen LogP contribution in [0.1, 0.15) is 16.4 Å². The molecule has 0 aliphatic rings. The summed E-state index contributed by atoms with van der Waals surface area (Å²) in [5.41, 5.74) is 2.18. The highest BCUT2D eigenvalue weighted by Gasteiger charge is 2.07. The van der Waals surface area contributed by atoms with E-state index in [-0.39, 0.29) is 5.56 Å². The van der Waals surface area contributed by atoms with E-state index in [0.717, 1.165) is 16.4 Å². The molecule has 0 unspecified atom stereocenters. The number of alkyl halides is 1. The van der Waals surface area contributed by atoms with E-state index < -0.39 is 0 Å². The maximum absolute atomic E-state index is 12.3. The minimum Gasteiger partial charge on any atom is -0.305 e. The van der Waals surface area contributed by atoms with Crippen LogP contribution in [0.2, 0.25) is 0 Å². The highest BCUT2D eigenvalue weighted by atomic mass is 35.5. The van der Waals surface area contributed by atoms with Gasteiger partial charge in [0, 0.05) is 17.8 Å². The molecule has 0 atom stereocenters. The smallest absolute Gasteiger partial charge is 0.276 e. The number of aromatic nitrogens is 4. The van der Waals surface area contributed by atoms with Crippen molar-refractivity contribution in [2.24, 2.45) is 0 Å². The van der Waals surface area contributed by atoms with Crippen molar-refractivity contribution in [1.29, 1.82) is 0 Å². The molecule has 5 nitrogen and oxygen atoms in total. The normalized spacial score (nSPS) is 11.3. The van der Waals surface area contributed by atoms with E-state index in [2.05, 4.69) is 10.1 Å². The molecule has 98 valence electrons. The zero-order valence-electron chi connectivity index (χ0n) is 10.2. The third-order valence-corrected chi connectivity index (χ3v) is 3.92. The summed E-state index contributed by atoms with van der Waals surface area (Å²) >= 11 is 7.23. The lowest BCUT2D eigenvalue weighted by atomic mass is 10.4. The number of rotatable bonds is 3. The lowest BCUT2D eigenvalue weighted by Gasteiger charge is -2.03. The van der Waals surface area contributed by atoms with Crippen LogP contribution >= 0.6 is 22.9 Å². The van der Waals surface area contributed by atoms with Crippen LogP contribution in [0.15, 0.2) is 28.6 Å². The average molecular weight is 295 g/mol. The number of hydrogen-bond donors (Lipinski definition) is 0. The molecular weight excluding hydrogens is 284 g/mol. The van der Waals surface area contributed by atoms with Crippen molar-refractivity contribution < 1.29 is 0 Å². The van der Waals surface area contributed by atoms with Gasteiger partial charge in [0.1, 0.15) is 10.5 Å². The molecule has 0 bridgehead atoms. The van der Waals surface area contributed by atoms with Crippen LogP contribution in [0.3, 0.4) is 0 Å². The molecule has 3 aromatic heterocycles. The standard InChI is InChI=1S/C12H11ClN4OS/c1-8-4-10-12(18)16(2-3-17(10)15-8)6-11-14-9(5-13)7-19-11/h2-4,7H,5-6H2,1H3. The molecule has 3 aromatic rings. The van der Waals surface area contributed by atoms with E-state index in [1.807, 2.05) is 12.3 Å². The van der Waals surface area contributed by atoms with Gasteiger partial charge in [0.05, 0.1) is 23.8 Å². The quantitative estimate of drug-likeness (QED) is 0.695. The van der Waals surface area contributed by atoms with Gasteiger partial charge in [-0.25, -0.2) is 9.50 Å². The Labute approximate surface area is 118 Å². The summed E-state index contributed by atoms with van der Waals surface area (Å²) in [5.74, 6) is 0.395. The Morgan fingerprint density at radius 2 is 2.26 bits per heavy atom. The van der Waals surface area contributed by atoms with Gasteiger partial charge in [0.15, 0.2) is 0 Å². The van der Waals surface area contributed by atoms with Crippen molar-refractivity contribution in [3.05, 3.63) is 50.6 Å². The number of thiazole rings is 1. The Morgan fingerprint density at radius 3 is 3.00 bits per heavy atom. The van der Waals surface area contributed by atoms with Gasteiger partial charge in [0.2, 0.25) is 0 Å². The van der Waals surface area contributed by atoms with Crippen molar-refractivity contribution in [2.45, 2.75) is 19.3 Å². The predicted octanol–water partition coefficient (Wildman–Crippen LogP) is 2.05. The summed E-state index contributed by atoms with van der Waals surface area (Å²) < 4.78 is 3.23. The van der Waals surface area contributed by atoms with E-state index in [0.29, 0.717) is 17.9 Å². The van der Waals surface area contributed by atoms with Crippen molar-refractivity contribution >= 4 is 28.5 Å². The monoisotopic (exact) mass is 294 g/mol. The molecule has 7 heteroatoms. The van der Waals surface area contributed by atoms with Gasteiger partial charge >= 0.3 is 0 Å². The summed E-state index contributed by atoms with van der Waals surface area (Å²) in [6.07, 6.45) is 3.50. The van der Waals surface area contributed by atoms with Gasteiger partial charge in [-0.3, -0.25) is 4.79 Å². The van der Waals surface area contributed by atoms with E-state index >= 15 is 0 Å². The number of fused-ring (bicyclic) bond motifs is 1. The number of aryl methyl sites for hydroxylation is 1. The third kappa shape index (κ3) is 2.29. The second-order valence-electron chi connectivity index (χ2n) is 4.21. The summed E-state index contributed by atoms with van der Waals surface area (Å²) in [4.78, 5) is 16.6. The Hall–Kier alpha value is -1.66. The molecule has 0 aromatic carbocycles. The highest BCUT2D eigenvalue weighted by Crippen LogP contribution is 2.12. The zero-order chi connectivity index (χ0) is 13.4. The molecule has 0 aliphatic heterocycles. The summed E-state index contributed by atoms with van der Waals surface area (Å²) in [6.45, 7) is 2.32. The number of nitrogens with zero attached hydrogens (tertiary/aromatic N) is 4. The fourth-order valence-electron chi connectivity index (χ4n) is 1.90. The Morgan fingerprint density at radius 1 is 1.42 bits per heavy atom. The van der Waals surface area contributed by atoms with E-state index in [1.165, 1.54) is 11.3 Å². The maximum atomic E-state index is 12.3. The molecular formula is C12H11ClN4OS. The van der Waals surface area contributed by atoms with E-state index in [9.17, 15) is 4.79 Å². The van der Waals surface area contributed by atoms with Crippen molar-refractivity contribution in [3.8, 4) is 0 Å². The van der Waals surface area contributed by atoms with Crippen LogP contribution in [-0.2, 0) is 12.4 Å². The molecule has 3 rings (SSSR count). The fourth-order valence-corrected chi connectivity index (χ4v) is 2.92. The number of halogens is 1. The third-order valence-electron chi connectivity index (χ3n) is 2.77. The summed E-state index contributed by atoms with van der Waals surface area (Å²) in [5, 5.41) is 7.00.